The SMILES string of the molecule is CCC(NC)c1nnc(CC23CC4CC(CC(C4)C2)C3)s1. The Bertz CT molecular complexity index is 471. The van der Waals surface area contributed by atoms with Crippen molar-refractivity contribution in [2.24, 2.45) is 23.2 Å². The topological polar surface area (TPSA) is 37.8 Å². The maximum Gasteiger partial charge on any atom is 0.134 e. The fourth-order valence-corrected chi connectivity index (χ4v) is 7.02. The summed E-state index contributed by atoms with van der Waals surface area (Å²) in [5, 5.41) is 14.8. The van der Waals surface area contributed by atoms with E-state index in [0.717, 1.165) is 24.2 Å². The molecule has 1 atom stereocenters. The number of nitrogens with one attached hydrogen (secondary N) is 1. The second-order valence-electron chi connectivity index (χ2n) is 7.88. The van der Waals surface area contributed by atoms with E-state index in [1.807, 2.05) is 18.4 Å². The van der Waals surface area contributed by atoms with Crippen LogP contribution < -0.4 is 5.32 Å². The Hall–Kier alpha value is -0.480. The van der Waals surface area contributed by atoms with Crippen LogP contribution in [0.2, 0.25) is 0 Å². The number of hydrogen-bond donors (Lipinski definition) is 1. The zero-order valence-corrected chi connectivity index (χ0v) is 14.1. The minimum atomic E-state index is 0.382. The summed E-state index contributed by atoms with van der Waals surface area (Å²) in [4.78, 5) is 0. The molecule has 5 rings (SSSR count). The van der Waals surface area contributed by atoms with Crippen molar-refractivity contribution in [3.63, 3.8) is 0 Å². The maximum absolute atomic E-state index is 4.54. The predicted molar refractivity (Wildman–Crippen MR) is 86.3 cm³/mol. The lowest BCUT2D eigenvalue weighted by atomic mass is 9.49. The van der Waals surface area contributed by atoms with E-state index in [1.54, 1.807) is 0 Å². The van der Waals surface area contributed by atoms with Gasteiger partial charge in [-0.1, -0.05) is 18.3 Å². The van der Waals surface area contributed by atoms with E-state index in [0.29, 0.717) is 11.5 Å². The molecule has 4 bridgehead atoms. The zero-order chi connectivity index (χ0) is 14.4. The van der Waals surface area contributed by atoms with Crippen molar-refractivity contribution in [3.8, 4) is 0 Å². The number of aromatic nitrogens is 2. The van der Waals surface area contributed by atoms with E-state index in [2.05, 4.69) is 22.4 Å². The molecule has 4 fully saturated rings. The predicted octanol–water partition coefficient (Wildman–Crippen LogP) is 3.97. The fourth-order valence-electron chi connectivity index (χ4n) is 5.81. The molecule has 4 saturated carbocycles. The van der Waals surface area contributed by atoms with E-state index in [9.17, 15) is 0 Å². The number of nitrogens with zero attached hydrogens (tertiary/aromatic N) is 2. The molecule has 4 aliphatic carbocycles. The van der Waals surface area contributed by atoms with Crippen molar-refractivity contribution in [1.29, 1.82) is 0 Å². The van der Waals surface area contributed by atoms with Crippen molar-refractivity contribution >= 4 is 11.3 Å². The lowest BCUT2D eigenvalue weighted by Crippen LogP contribution is -2.47. The van der Waals surface area contributed by atoms with Crippen molar-refractivity contribution < 1.29 is 0 Å². The summed E-state index contributed by atoms with van der Waals surface area (Å²) in [7, 11) is 2.02. The van der Waals surface area contributed by atoms with Crippen LogP contribution in [0.4, 0.5) is 0 Å². The minimum absolute atomic E-state index is 0.382. The van der Waals surface area contributed by atoms with Crippen molar-refractivity contribution in [2.75, 3.05) is 7.05 Å². The monoisotopic (exact) mass is 305 g/mol. The third-order valence-electron chi connectivity index (χ3n) is 6.23. The van der Waals surface area contributed by atoms with Crippen LogP contribution in [0.5, 0.6) is 0 Å². The zero-order valence-electron chi connectivity index (χ0n) is 13.3. The van der Waals surface area contributed by atoms with Gasteiger partial charge in [-0.3, -0.25) is 0 Å². The molecule has 0 amide bonds. The van der Waals surface area contributed by atoms with Gasteiger partial charge in [0.05, 0.1) is 6.04 Å². The fraction of sp³-hybridized carbons (Fsp3) is 0.882. The Labute approximate surface area is 131 Å². The molecule has 1 heterocycles. The lowest BCUT2D eigenvalue weighted by Gasteiger charge is -2.56. The average molecular weight is 305 g/mol. The Morgan fingerprint density at radius 3 is 2.29 bits per heavy atom. The summed E-state index contributed by atoms with van der Waals surface area (Å²) in [5.74, 6) is 3.10. The van der Waals surface area contributed by atoms with Crippen LogP contribution in [-0.4, -0.2) is 17.2 Å². The highest BCUT2D eigenvalue weighted by molar-refractivity contribution is 7.11. The van der Waals surface area contributed by atoms with Gasteiger partial charge in [-0.05, 0) is 75.2 Å². The lowest BCUT2D eigenvalue weighted by molar-refractivity contribution is -0.0522. The Morgan fingerprint density at radius 1 is 1.14 bits per heavy atom. The molecule has 1 N–H and O–H groups in total. The summed E-state index contributed by atoms with van der Waals surface area (Å²) in [5.41, 5.74) is 0.590. The van der Waals surface area contributed by atoms with Crippen molar-refractivity contribution in [1.82, 2.24) is 15.5 Å². The average Bonchev–Trinajstić information content (AvgIpc) is 2.86. The van der Waals surface area contributed by atoms with Gasteiger partial charge in [-0.25, -0.2) is 0 Å². The molecular weight excluding hydrogens is 278 g/mol. The van der Waals surface area contributed by atoms with E-state index in [4.69, 9.17) is 0 Å². The van der Waals surface area contributed by atoms with Gasteiger partial charge < -0.3 is 5.32 Å². The molecule has 3 nitrogen and oxygen atoms in total. The highest BCUT2D eigenvalue weighted by atomic mass is 32.1. The summed E-state index contributed by atoms with van der Waals surface area (Å²) >= 11 is 1.85. The minimum Gasteiger partial charge on any atom is -0.311 e. The first-order valence-corrected chi connectivity index (χ1v) is 9.51. The molecule has 0 saturated heterocycles. The first-order chi connectivity index (χ1) is 10.2. The quantitative estimate of drug-likeness (QED) is 0.894. The van der Waals surface area contributed by atoms with Crippen LogP contribution in [-0.2, 0) is 6.42 Å². The molecule has 1 unspecified atom stereocenters. The van der Waals surface area contributed by atoms with Crippen LogP contribution in [0.1, 0.15) is 67.9 Å². The van der Waals surface area contributed by atoms with Gasteiger partial charge in [0.2, 0.25) is 0 Å². The molecule has 0 aromatic carbocycles. The molecule has 116 valence electrons. The van der Waals surface area contributed by atoms with Gasteiger partial charge in [0.25, 0.3) is 0 Å². The summed E-state index contributed by atoms with van der Waals surface area (Å²) in [6.07, 6.45) is 11.3. The van der Waals surface area contributed by atoms with Gasteiger partial charge in [0.15, 0.2) is 0 Å². The molecule has 4 aliphatic rings. The molecule has 0 spiro atoms. The molecule has 1 aromatic rings. The molecule has 0 radical (unpaired) electrons. The third kappa shape index (κ3) is 2.55. The van der Waals surface area contributed by atoms with E-state index >= 15 is 0 Å². The standard InChI is InChI=1S/C17H27N3S/c1-3-14(18-2)16-20-19-15(21-16)10-17-7-11-4-12(8-17)6-13(5-11)9-17/h11-14,18H,3-10H2,1-2H3. The Balaban J connectivity index is 1.51. The summed E-state index contributed by atoms with van der Waals surface area (Å²) < 4.78 is 0. The maximum atomic E-state index is 4.54. The Kier molecular flexibility index (Phi) is 3.57. The smallest absolute Gasteiger partial charge is 0.134 e. The first-order valence-electron chi connectivity index (χ1n) is 8.69. The van der Waals surface area contributed by atoms with Crippen LogP contribution in [0.25, 0.3) is 0 Å². The first kappa shape index (κ1) is 14.1. The molecular formula is C17H27N3S. The normalized spacial score (nSPS) is 38.9. The molecule has 21 heavy (non-hydrogen) atoms. The van der Waals surface area contributed by atoms with Gasteiger partial charge in [-0.15, -0.1) is 10.2 Å². The second kappa shape index (κ2) is 5.31. The molecule has 0 aliphatic heterocycles. The van der Waals surface area contributed by atoms with Gasteiger partial charge >= 0.3 is 0 Å². The van der Waals surface area contributed by atoms with Gasteiger partial charge in [0, 0.05) is 6.42 Å². The van der Waals surface area contributed by atoms with E-state index in [1.165, 1.54) is 55.0 Å². The molecule has 1 aromatic heterocycles. The number of rotatable bonds is 5. The van der Waals surface area contributed by atoms with Crippen LogP contribution in [0.15, 0.2) is 0 Å². The summed E-state index contributed by atoms with van der Waals surface area (Å²) in [6.45, 7) is 2.21. The third-order valence-corrected chi connectivity index (χ3v) is 7.27. The largest absolute Gasteiger partial charge is 0.311 e. The van der Waals surface area contributed by atoms with E-state index in [-0.39, 0.29) is 0 Å². The highest BCUT2D eigenvalue weighted by Crippen LogP contribution is 2.61. The van der Waals surface area contributed by atoms with Crippen LogP contribution >= 0.6 is 11.3 Å². The number of hydrogen-bond acceptors (Lipinski definition) is 4. The van der Waals surface area contributed by atoms with Crippen molar-refractivity contribution in [2.45, 2.75) is 64.3 Å². The van der Waals surface area contributed by atoms with Gasteiger partial charge in [0.1, 0.15) is 10.0 Å². The highest BCUT2D eigenvalue weighted by Gasteiger charge is 2.51. The van der Waals surface area contributed by atoms with E-state index < -0.39 is 0 Å². The second-order valence-corrected chi connectivity index (χ2v) is 8.97. The molecule has 4 heteroatoms. The van der Waals surface area contributed by atoms with Crippen LogP contribution in [0.3, 0.4) is 0 Å². The van der Waals surface area contributed by atoms with Crippen molar-refractivity contribution in [3.05, 3.63) is 10.0 Å². The summed E-state index contributed by atoms with van der Waals surface area (Å²) in [6, 6.07) is 0.382. The van der Waals surface area contributed by atoms with Crippen LogP contribution in [0, 0.1) is 23.2 Å². The van der Waals surface area contributed by atoms with Gasteiger partial charge in [-0.2, -0.15) is 0 Å². The Morgan fingerprint density at radius 2 is 1.76 bits per heavy atom.